The standard InChI is InChI=1S/C41H34N4/c1-29-8-15-35(16-9-29)44(36-17-10-30(2)11-18-36)37-20-13-32(14-21-37)39-26-38(19-12-31(39)3)45-40(33-6-4-24-42-27-33)22-23-41(45)34-7-5-25-43-28-34/h4-28H,1-3H3. The van der Waals surface area contributed by atoms with Gasteiger partial charge in [0, 0.05) is 58.7 Å². The molecule has 45 heavy (non-hydrogen) atoms. The van der Waals surface area contributed by atoms with Crippen LogP contribution in [0.5, 0.6) is 0 Å². The van der Waals surface area contributed by atoms with E-state index in [2.05, 4.69) is 155 Å². The van der Waals surface area contributed by atoms with E-state index in [4.69, 9.17) is 0 Å². The molecule has 0 aliphatic carbocycles. The molecule has 0 saturated carbocycles. The van der Waals surface area contributed by atoms with Gasteiger partial charge in [-0.15, -0.1) is 0 Å². The van der Waals surface area contributed by atoms with Crippen molar-refractivity contribution in [2.24, 2.45) is 0 Å². The van der Waals surface area contributed by atoms with Gasteiger partial charge < -0.3 is 9.47 Å². The summed E-state index contributed by atoms with van der Waals surface area (Å²) in [5, 5.41) is 0. The van der Waals surface area contributed by atoms with Crippen molar-refractivity contribution in [2.75, 3.05) is 4.90 Å². The fraction of sp³-hybridized carbons (Fsp3) is 0.0732. The SMILES string of the molecule is Cc1ccc(N(c2ccc(C)cc2)c2ccc(-c3cc(-n4c(-c5cccnc5)ccc4-c4cccnc4)ccc3C)cc2)cc1. The molecular weight excluding hydrogens is 548 g/mol. The minimum absolute atomic E-state index is 1.06. The van der Waals surface area contributed by atoms with Crippen LogP contribution in [0.4, 0.5) is 17.1 Å². The number of hydrogen-bond acceptors (Lipinski definition) is 3. The highest BCUT2D eigenvalue weighted by atomic mass is 15.1. The second-order valence-electron chi connectivity index (χ2n) is 11.5. The Labute approximate surface area is 264 Å². The van der Waals surface area contributed by atoms with Crippen molar-refractivity contribution in [3.05, 3.63) is 169 Å². The van der Waals surface area contributed by atoms with Crippen molar-refractivity contribution < 1.29 is 0 Å². The number of pyridine rings is 2. The van der Waals surface area contributed by atoms with E-state index in [1.807, 2.05) is 36.9 Å². The second kappa shape index (κ2) is 12.1. The number of aromatic nitrogens is 3. The first-order valence-corrected chi connectivity index (χ1v) is 15.2. The van der Waals surface area contributed by atoms with Crippen LogP contribution in [0.3, 0.4) is 0 Å². The molecule has 218 valence electrons. The largest absolute Gasteiger partial charge is 0.311 e. The van der Waals surface area contributed by atoms with Crippen LogP contribution in [0.15, 0.2) is 152 Å². The highest BCUT2D eigenvalue weighted by molar-refractivity contribution is 5.80. The number of aryl methyl sites for hydroxylation is 3. The molecule has 0 spiro atoms. The normalized spacial score (nSPS) is 11.0. The zero-order valence-corrected chi connectivity index (χ0v) is 25.7. The van der Waals surface area contributed by atoms with E-state index in [-0.39, 0.29) is 0 Å². The van der Waals surface area contributed by atoms with E-state index in [0.717, 1.165) is 45.3 Å². The Morgan fingerprint density at radius 2 is 0.978 bits per heavy atom. The van der Waals surface area contributed by atoms with Gasteiger partial charge >= 0.3 is 0 Å². The lowest BCUT2D eigenvalue weighted by atomic mass is 9.99. The molecule has 0 fully saturated rings. The molecule has 0 radical (unpaired) electrons. The van der Waals surface area contributed by atoms with Gasteiger partial charge in [-0.1, -0.05) is 53.6 Å². The molecule has 0 bridgehead atoms. The molecule has 0 aliphatic heterocycles. The van der Waals surface area contributed by atoms with Crippen LogP contribution in [-0.4, -0.2) is 14.5 Å². The Bertz CT molecular complexity index is 1940. The number of anilines is 3. The number of benzene rings is 4. The minimum Gasteiger partial charge on any atom is -0.311 e. The molecule has 4 aromatic carbocycles. The van der Waals surface area contributed by atoms with Gasteiger partial charge in [0.25, 0.3) is 0 Å². The van der Waals surface area contributed by atoms with Crippen molar-refractivity contribution in [3.8, 4) is 39.3 Å². The maximum absolute atomic E-state index is 4.40. The Hall–Kier alpha value is -5.74. The van der Waals surface area contributed by atoms with Gasteiger partial charge in [0.05, 0.1) is 11.4 Å². The molecule has 4 heteroatoms. The van der Waals surface area contributed by atoms with Crippen LogP contribution < -0.4 is 4.90 Å². The van der Waals surface area contributed by atoms with E-state index < -0.39 is 0 Å². The lowest BCUT2D eigenvalue weighted by molar-refractivity contribution is 1.09. The van der Waals surface area contributed by atoms with Crippen LogP contribution in [0.2, 0.25) is 0 Å². The molecule has 0 unspecified atom stereocenters. The first-order valence-electron chi connectivity index (χ1n) is 15.2. The Balaban J connectivity index is 1.31. The zero-order chi connectivity index (χ0) is 30.8. The predicted octanol–water partition coefficient (Wildman–Crippen LogP) is 10.7. The molecule has 7 rings (SSSR count). The number of rotatable bonds is 7. The average Bonchev–Trinajstić information content (AvgIpc) is 3.53. The summed E-state index contributed by atoms with van der Waals surface area (Å²) in [5.41, 5.74) is 14.8. The van der Waals surface area contributed by atoms with Crippen LogP contribution in [0, 0.1) is 20.8 Å². The summed E-state index contributed by atoms with van der Waals surface area (Å²) in [6, 6.07) is 45.5. The Morgan fingerprint density at radius 3 is 1.44 bits per heavy atom. The van der Waals surface area contributed by atoms with Gasteiger partial charge in [-0.25, -0.2) is 0 Å². The third-order valence-electron chi connectivity index (χ3n) is 8.30. The summed E-state index contributed by atoms with van der Waals surface area (Å²) in [5.74, 6) is 0. The third-order valence-corrected chi connectivity index (χ3v) is 8.30. The molecule has 0 amide bonds. The lowest BCUT2D eigenvalue weighted by Crippen LogP contribution is -2.09. The van der Waals surface area contributed by atoms with E-state index in [9.17, 15) is 0 Å². The predicted molar refractivity (Wildman–Crippen MR) is 187 cm³/mol. The first-order chi connectivity index (χ1) is 22.0. The first kappa shape index (κ1) is 28.1. The molecule has 0 saturated heterocycles. The van der Waals surface area contributed by atoms with E-state index in [1.165, 1.54) is 27.8 Å². The molecular formula is C41H34N4. The van der Waals surface area contributed by atoms with Crippen molar-refractivity contribution in [1.29, 1.82) is 0 Å². The van der Waals surface area contributed by atoms with Gasteiger partial charge in [0.1, 0.15) is 0 Å². The molecule has 0 N–H and O–H groups in total. The summed E-state index contributed by atoms with van der Waals surface area (Å²) in [4.78, 5) is 11.1. The van der Waals surface area contributed by atoms with Crippen LogP contribution >= 0.6 is 0 Å². The summed E-state index contributed by atoms with van der Waals surface area (Å²) in [7, 11) is 0. The van der Waals surface area contributed by atoms with Crippen LogP contribution in [-0.2, 0) is 0 Å². The summed E-state index contributed by atoms with van der Waals surface area (Å²) in [6.07, 6.45) is 7.46. The minimum atomic E-state index is 1.06. The van der Waals surface area contributed by atoms with Crippen molar-refractivity contribution in [2.45, 2.75) is 20.8 Å². The van der Waals surface area contributed by atoms with E-state index >= 15 is 0 Å². The Morgan fingerprint density at radius 1 is 0.489 bits per heavy atom. The number of nitrogens with zero attached hydrogens (tertiary/aromatic N) is 4. The second-order valence-corrected chi connectivity index (χ2v) is 11.5. The molecule has 3 aromatic heterocycles. The van der Waals surface area contributed by atoms with Gasteiger partial charge in [-0.05, 0) is 122 Å². The smallest absolute Gasteiger partial charge is 0.0550 e. The quantitative estimate of drug-likeness (QED) is 0.187. The maximum atomic E-state index is 4.40. The van der Waals surface area contributed by atoms with Gasteiger partial charge in [-0.3, -0.25) is 9.97 Å². The lowest BCUT2D eigenvalue weighted by Gasteiger charge is -2.26. The van der Waals surface area contributed by atoms with E-state index in [0.29, 0.717) is 0 Å². The third kappa shape index (κ3) is 5.66. The fourth-order valence-corrected chi connectivity index (χ4v) is 5.88. The highest BCUT2D eigenvalue weighted by Gasteiger charge is 2.17. The van der Waals surface area contributed by atoms with Crippen molar-refractivity contribution >= 4 is 17.1 Å². The van der Waals surface area contributed by atoms with Crippen molar-refractivity contribution in [1.82, 2.24) is 14.5 Å². The van der Waals surface area contributed by atoms with Gasteiger partial charge in [0.15, 0.2) is 0 Å². The average molecular weight is 583 g/mol. The summed E-state index contributed by atoms with van der Waals surface area (Å²) < 4.78 is 2.31. The molecule has 3 heterocycles. The molecule has 0 atom stereocenters. The highest BCUT2D eigenvalue weighted by Crippen LogP contribution is 2.38. The number of hydrogen-bond donors (Lipinski definition) is 0. The maximum Gasteiger partial charge on any atom is 0.0550 e. The van der Waals surface area contributed by atoms with Crippen molar-refractivity contribution in [3.63, 3.8) is 0 Å². The summed E-state index contributed by atoms with van der Waals surface area (Å²) in [6.45, 7) is 6.42. The molecule has 4 nitrogen and oxygen atoms in total. The monoisotopic (exact) mass is 582 g/mol. The van der Waals surface area contributed by atoms with Gasteiger partial charge in [-0.2, -0.15) is 0 Å². The Kier molecular flexibility index (Phi) is 7.54. The van der Waals surface area contributed by atoms with Gasteiger partial charge in [0.2, 0.25) is 0 Å². The molecule has 7 aromatic rings. The molecule has 0 aliphatic rings. The van der Waals surface area contributed by atoms with E-state index in [1.54, 1.807) is 0 Å². The van der Waals surface area contributed by atoms with Crippen LogP contribution in [0.1, 0.15) is 16.7 Å². The topological polar surface area (TPSA) is 34.0 Å². The summed E-state index contributed by atoms with van der Waals surface area (Å²) >= 11 is 0. The zero-order valence-electron chi connectivity index (χ0n) is 25.7. The van der Waals surface area contributed by atoms with Crippen LogP contribution in [0.25, 0.3) is 39.3 Å². The fourth-order valence-electron chi connectivity index (χ4n) is 5.88.